The number of rotatable bonds is 2. The van der Waals surface area contributed by atoms with Crippen molar-refractivity contribution in [1.82, 2.24) is 4.90 Å². The fraction of sp³-hybridized carbons (Fsp3) is 0.571. The van der Waals surface area contributed by atoms with Gasteiger partial charge < -0.3 is 10.1 Å². The van der Waals surface area contributed by atoms with Crippen LogP contribution in [0.25, 0.3) is 0 Å². The van der Waals surface area contributed by atoms with Gasteiger partial charge in [0.2, 0.25) is 0 Å². The first-order valence-corrected chi connectivity index (χ1v) is 6.55. The van der Waals surface area contributed by atoms with E-state index in [0.717, 1.165) is 12.3 Å². The Morgan fingerprint density at radius 2 is 2.12 bits per heavy atom. The van der Waals surface area contributed by atoms with Gasteiger partial charge in [-0.2, -0.15) is 0 Å². The highest BCUT2D eigenvalue weighted by molar-refractivity contribution is 5.60. The van der Waals surface area contributed by atoms with Crippen LogP contribution < -0.4 is 10.1 Å². The van der Waals surface area contributed by atoms with Gasteiger partial charge in [-0.25, -0.2) is 0 Å². The van der Waals surface area contributed by atoms with Gasteiger partial charge in [0.25, 0.3) is 0 Å². The second kappa shape index (κ2) is 4.57. The number of hydrogen-bond acceptors (Lipinski definition) is 3. The number of nitrogens with one attached hydrogen (secondary N) is 1. The highest BCUT2D eigenvalue weighted by atomic mass is 16.5. The van der Waals surface area contributed by atoms with E-state index >= 15 is 0 Å². The molecule has 0 saturated carbocycles. The normalized spacial score (nSPS) is 24.2. The molecule has 0 amide bonds. The molecular formula is C14H20N2O. The smallest absolute Gasteiger partial charge is 0.125 e. The van der Waals surface area contributed by atoms with Crippen molar-refractivity contribution >= 4 is 5.69 Å². The quantitative estimate of drug-likeness (QED) is 0.848. The van der Waals surface area contributed by atoms with E-state index in [-0.39, 0.29) is 0 Å². The molecule has 17 heavy (non-hydrogen) atoms. The predicted molar refractivity (Wildman–Crippen MR) is 69.6 cm³/mol. The van der Waals surface area contributed by atoms with E-state index in [0.29, 0.717) is 6.04 Å². The van der Waals surface area contributed by atoms with Crippen molar-refractivity contribution in [2.75, 3.05) is 32.1 Å². The summed E-state index contributed by atoms with van der Waals surface area (Å²) in [6, 6.07) is 6.86. The molecule has 1 aromatic carbocycles. The lowest BCUT2D eigenvalue weighted by atomic mass is 9.95. The molecular weight excluding hydrogens is 212 g/mol. The molecule has 3 rings (SSSR count). The number of fused-ring (bicyclic) bond motifs is 1. The zero-order valence-corrected chi connectivity index (χ0v) is 10.4. The summed E-state index contributed by atoms with van der Waals surface area (Å²) in [6.07, 6.45) is 3.87. The topological polar surface area (TPSA) is 24.5 Å². The largest absolute Gasteiger partial charge is 0.496 e. The number of benzene rings is 1. The monoisotopic (exact) mass is 232 g/mol. The summed E-state index contributed by atoms with van der Waals surface area (Å²) in [5.74, 6) is 1.03. The molecule has 1 N–H and O–H groups in total. The summed E-state index contributed by atoms with van der Waals surface area (Å²) in [6.45, 7) is 3.55. The molecule has 0 radical (unpaired) electrons. The highest BCUT2D eigenvalue weighted by Gasteiger charge is 2.30. The number of anilines is 1. The van der Waals surface area contributed by atoms with Crippen LogP contribution in [0.1, 0.15) is 30.9 Å². The van der Waals surface area contributed by atoms with E-state index in [1.807, 2.05) is 0 Å². The molecule has 1 atom stereocenters. The molecule has 3 nitrogen and oxygen atoms in total. The van der Waals surface area contributed by atoms with Crippen LogP contribution in [0.3, 0.4) is 0 Å². The SMILES string of the molecule is COc1cccc2c1C(N1CCCC1)CCN2. The lowest BCUT2D eigenvalue weighted by Gasteiger charge is -2.34. The number of nitrogens with zero attached hydrogens (tertiary/aromatic N) is 1. The fourth-order valence-corrected chi connectivity index (χ4v) is 3.13. The van der Waals surface area contributed by atoms with Crippen molar-refractivity contribution in [3.63, 3.8) is 0 Å². The van der Waals surface area contributed by atoms with Gasteiger partial charge in [0, 0.05) is 23.8 Å². The van der Waals surface area contributed by atoms with Crippen molar-refractivity contribution < 1.29 is 4.74 Å². The molecule has 2 heterocycles. The van der Waals surface area contributed by atoms with Gasteiger partial charge in [0.1, 0.15) is 5.75 Å². The van der Waals surface area contributed by atoms with Gasteiger partial charge in [0.05, 0.1) is 7.11 Å². The first kappa shape index (κ1) is 10.9. The Balaban J connectivity index is 1.99. The van der Waals surface area contributed by atoms with Crippen LogP contribution in [0, 0.1) is 0 Å². The number of hydrogen-bond donors (Lipinski definition) is 1. The Kier molecular flexibility index (Phi) is 2.93. The van der Waals surface area contributed by atoms with Gasteiger partial charge in [-0.1, -0.05) is 6.07 Å². The van der Waals surface area contributed by atoms with Crippen molar-refractivity contribution in [2.45, 2.75) is 25.3 Å². The molecule has 2 aliphatic rings. The lowest BCUT2D eigenvalue weighted by Crippen LogP contribution is -2.31. The van der Waals surface area contributed by atoms with Gasteiger partial charge in [-0.3, -0.25) is 4.90 Å². The molecule has 2 aliphatic heterocycles. The van der Waals surface area contributed by atoms with Gasteiger partial charge in [-0.05, 0) is 44.5 Å². The van der Waals surface area contributed by atoms with E-state index < -0.39 is 0 Å². The second-order valence-electron chi connectivity index (χ2n) is 4.90. The van der Waals surface area contributed by atoms with Crippen molar-refractivity contribution in [3.05, 3.63) is 23.8 Å². The third kappa shape index (κ3) is 1.89. The van der Waals surface area contributed by atoms with E-state index in [2.05, 4.69) is 28.4 Å². The highest BCUT2D eigenvalue weighted by Crippen LogP contribution is 2.41. The first-order chi connectivity index (χ1) is 8.40. The molecule has 1 aromatic rings. The standard InChI is InChI=1S/C14H20N2O/c1-17-13-6-4-5-11-14(13)12(7-8-15-11)16-9-2-3-10-16/h4-6,12,15H,2-3,7-10H2,1H3. The minimum atomic E-state index is 0.546. The Labute approximate surface area is 103 Å². The predicted octanol–water partition coefficient (Wildman–Crippen LogP) is 2.65. The van der Waals surface area contributed by atoms with Crippen molar-refractivity contribution in [3.8, 4) is 5.75 Å². The van der Waals surface area contributed by atoms with E-state index in [1.54, 1.807) is 7.11 Å². The third-order valence-corrected chi connectivity index (χ3v) is 3.93. The van der Waals surface area contributed by atoms with E-state index in [4.69, 9.17) is 4.74 Å². The Bertz CT molecular complexity index is 385. The molecule has 92 valence electrons. The number of methoxy groups -OCH3 is 1. The van der Waals surface area contributed by atoms with Crippen LogP contribution in [-0.2, 0) is 0 Å². The van der Waals surface area contributed by atoms with Crippen molar-refractivity contribution in [2.24, 2.45) is 0 Å². The summed E-state index contributed by atoms with van der Waals surface area (Å²) in [7, 11) is 1.77. The zero-order chi connectivity index (χ0) is 11.7. The minimum absolute atomic E-state index is 0.546. The van der Waals surface area contributed by atoms with Crippen LogP contribution >= 0.6 is 0 Å². The lowest BCUT2D eigenvalue weighted by molar-refractivity contribution is 0.228. The maximum absolute atomic E-state index is 5.54. The van der Waals surface area contributed by atoms with Crippen LogP contribution in [0.2, 0.25) is 0 Å². The third-order valence-electron chi connectivity index (χ3n) is 3.93. The first-order valence-electron chi connectivity index (χ1n) is 6.55. The molecule has 0 spiro atoms. The Hall–Kier alpha value is -1.22. The van der Waals surface area contributed by atoms with Crippen LogP contribution in [0.15, 0.2) is 18.2 Å². The Morgan fingerprint density at radius 1 is 1.29 bits per heavy atom. The summed E-state index contributed by atoms with van der Waals surface area (Å²) < 4.78 is 5.54. The second-order valence-corrected chi connectivity index (χ2v) is 4.90. The molecule has 0 aliphatic carbocycles. The maximum atomic E-state index is 5.54. The Morgan fingerprint density at radius 3 is 2.88 bits per heavy atom. The fourth-order valence-electron chi connectivity index (χ4n) is 3.13. The zero-order valence-electron chi connectivity index (χ0n) is 10.4. The maximum Gasteiger partial charge on any atom is 0.125 e. The van der Waals surface area contributed by atoms with E-state index in [1.165, 1.54) is 43.6 Å². The van der Waals surface area contributed by atoms with Crippen molar-refractivity contribution in [1.29, 1.82) is 0 Å². The summed E-state index contributed by atoms with van der Waals surface area (Å²) in [5.41, 5.74) is 2.62. The average molecular weight is 232 g/mol. The summed E-state index contributed by atoms with van der Waals surface area (Å²) >= 11 is 0. The molecule has 0 aromatic heterocycles. The molecule has 1 unspecified atom stereocenters. The van der Waals surface area contributed by atoms with E-state index in [9.17, 15) is 0 Å². The minimum Gasteiger partial charge on any atom is -0.496 e. The van der Waals surface area contributed by atoms with Gasteiger partial charge in [0.15, 0.2) is 0 Å². The molecule has 1 fully saturated rings. The molecule has 1 saturated heterocycles. The average Bonchev–Trinajstić information content (AvgIpc) is 2.91. The van der Waals surface area contributed by atoms with Crippen LogP contribution in [0.5, 0.6) is 5.75 Å². The summed E-state index contributed by atoms with van der Waals surface area (Å²) in [4.78, 5) is 2.61. The number of ether oxygens (including phenoxy) is 1. The van der Waals surface area contributed by atoms with Gasteiger partial charge in [-0.15, -0.1) is 0 Å². The molecule has 0 bridgehead atoms. The number of likely N-dealkylation sites (tertiary alicyclic amines) is 1. The van der Waals surface area contributed by atoms with Gasteiger partial charge >= 0.3 is 0 Å². The van der Waals surface area contributed by atoms with Crippen LogP contribution in [-0.4, -0.2) is 31.6 Å². The molecule has 3 heteroatoms. The summed E-state index contributed by atoms with van der Waals surface area (Å²) in [5, 5.41) is 3.48. The van der Waals surface area contributed by atoms with Crippen LogP contribution in [0.4, 0.5) is 5.69 Å².